The van der Waals surface area contributed by atoms with Gasteiger partial charge in [0, 0.05) is 30.1 Å². The first kappa shape index (κ1) is 25.4. The average molecular weight is 558 g/mol. The van der Waals surface area contributed by atoms with Crippen LogP contribution < -0.4 is 16.0 Å². The maximum Gasteiger partial charge on any atom is 0.251 e. The summed E-state index contributed by atoms with van der Waals surface area (Å²) < 4.78 is 0. The molecule has 1 unspecified atom stereocenters. The van der Waals surface area contributed by atoms with Crippen LogP contribution in [0.5, 0.6) is 5.75 Å². The molecule has 2 heterocycles. The molecule has 2 aromatic rings. The number of phenols is 1. The number of carbonyl (C=O) groups excluding carboxylic acids is 1. The Kier molecular flexibility index (Phi) is 11.1. The lowest BCUT2D eigenvalue weighted by Gasteiger charge is -2.25. The van der Waals surface area contributed by atoms with Gasteiger partial charge in [-0.2, -0.15) is 0 Å². The Balaban J connectivity index is 0.00000341. The predicted octanol–water partition coefficient (Wildman–Crippen LogP) is 3.19. The highest BCUT2D eigenvalue weighted by atomic mass is 127. The standard InChI is InChI=1S/C22H31N5O2S.HI/c1-2-23-22(25-12-11-24-21(29)17-7-9-18(28)10-8-17)26-16-19(20-6-5-15-30-20)27-13-3-4-14-27;/h5-10,15,19,28H,2-4,11-14,16H2,1H3,(H,24,29)(H2,23,25,26);1H. The van der Waals surface area contributed by atoms with Gasteiger partial charge in [-0.15, -0.1) is 35.3 Å². The van der Waals surface area contributed by atoms with Crippen molar-refractivity contribution in [2.24, 2.45) is 4.99 Å². The van der Waals surface area contributed by atoms with Crippen molar-refractivity contribution < 1.29 is 9.90 Å². The number of aliphatic imine (C=N–C) groups is 1. The van der Waals surface area contributed by atoms with E-state index in [1.165, 1.54) is 29.9 Å². The van der Waals surface area contributed by atoms with E-state index < -0.39 is 0 Å². The van der Waals surface area contributed by atoms with Crippen LogP contribution in [0.1, 0.15) is 41.0 Å². The zero-order valence-corrected chi connectivity index (χ0v) is 21.0. The van der Waals surface area contributed by atoms with E-state index >= 15 is 0 Å². The van der Waals surface area contributed by atoms with Crippen molar-refractivity contribution in [3.8, 4) is 5.75 Å². The highest BCUT2D eigenvalue weighted by Crippen LogP contribution is 2.28. The number of thiophene rings is 1. The first-order chi connectivity index (χ1) is 14.7. The molecule has 1 aliphatic heterocycles. The van der Waals surface area contributed by atoms with Crippen molar-refractivity contribution in [3.63, 3.8) is 0 Å². The number of halogens is 1. The molecule has 1 aromatic heterocycles. The maximum absolute atomic E-state index is 12.1. The molecular weight excluding hydrogens is 525 g/mol. The van der Waals surface area contributed by atoms with Crippen LogP contribution in [0.2, 0.25) is 0 Å². The van der Waals surface area contributed by atoms with Crippen molar-refractivity contribution in [1.29, 1.82) is 0 Å². The number of carbonyl (C=O) groups is 1. The first-order valence-corrected chi connectivity index (χ1v) is 11.4. The van der Waals surface area contributed by atoms with Gasteiger partial charge in [-0.25, -0.2) is 0 Å². The van der Waals surface area contributed by atoms with Crippen LogP contribution in [-0.2, 0) is 0 Å². The summed E-state index contributed by atoms with van der Waals surface area (Å²) in [7, 11) is 0. The van der Waals surface area contributed by atoms with E-state index in [9.17, 15) is 9.90 Å². The lowest BCUT2D eigenvalue weighted by atomic mass is 10.2. The number of rotatable bonds is 9. The quantitative estimate of drug-likeness (QED) is 0.165. The van der Waals surface area contributed by atoms with Gasteiger partial charge in [0.25, 0.3) is 5.91 Å². The minimum atomic E-state index is -0.162. The number of phenolic OH excluding ortho intramolecular Hbond substituents is 1. The first-order valence-electron chi connectivity index (χ1n) is 10.5. The van der Waals surface area contributed by atoms with Crippen molar-refractivity contribution >= 4 is 47.2 Å². The summed E-state index contributed by atoms with van der Waals surface area (Å²) >= 11 is 1.79. The molecule has 0 radical (unpaired) electrons. The van der Waals surface area contributed by atoms with Crippen molar-refractivity contribution in [2.45, 2.75) is 25.8 Å². The van der Waals surface area contributed by atoms with Gasteiger partial charge in [-0.3, -0.25) is 14.7 Å². The molecule has 1 saturated heterocycles. The summed E-state index contributed by atoms with van der Waals surface area (Å²) in [5.41, 5.74) is 0.526. The van der Waals surface area contributed by atoms with Gasteiger partial charge in [-0.1, -0.05) is 6.07 Å². The lowest BCUT2D eigenvalue weighted by molar-refractivity contribution is 0.0954. The Hall–Kier alpha value is -1.85. The molecular formula is C22H32IN5O2S. The summed E-state index contributed by atoms with van der Waals surface area (Å²) in [6, 6.07) is 10.8. The van der Waals surface area contributed by atoms with Crippen molar-refractivity contribution in [2.75, 3.05) is 39.3 Å². The van der Waals surface area contributed by atoms with Gasteiger partial charge in [0.1, 0.15) is 5.75 Å². The van der Waals surface area contributed by atoms with E-state index in [1.807, 2.05) is 6.92 Å². The summed E-state index contributed by atoms with van der Waals surface area (Å²) in [6.45, 7) is 6.83. The molecule has 31 heavy (non-hydrogen) atoms. The molecule has 1 amide bonds. The van der Waals surface area contributed by atoms with E-state index in [0.29, 0.717) is 31.2 Å². The molecule has 1 aliphatic rings. The van der Waals surface area contributed by atoms with Gasteiger partial charge in [0.2, 0.25) is 0 Å². The fourth-order valence-electron chi connectivity index (χ4n) is 3.51. The van der Waals surface area contributed by atoms with Gasteiger partial charge in [-0.05, 0) is 68.6 Å². The topological polar surface area (TPSA) is 89.0 Å². The molecule has 7 nitrogen and oxygen atoms in total. The molecule has 0 bridgehead atoms. The highest BCUT2D eigenvalue weighted by Gasteiger charge is 2.24. The minimum Gasteiger partial charge on any atom is -0.508 e. The van der Waals surface area contributed by atoms with Gasteiger partial charge < -0.3 is 21.1 Å². The van der Waals surface area contributed by atoms with E-state index in [1.54, 1.807) is 23.5 Å². The highest BCUT2D eigenvalue weighted by molar-refractivity contribution is 14.0. The van der Waals surface area contributed by atoms with Crippen LogP contribution in [-0.4, -0.2) is 61.1 Å². The number of nitrogens with zero attached hydrogens (tertiary/aromatic N) is 2. The van der Waals surface area contributed by atoms with Gasteiger partial charge >= 0.3 is 0 Å². The number of guanidine groups is 1. The van der Waals surface area contributed by atoms with E-state index in [4.69, 9.17) is 4.99 Å². The summed E-state index contributed by atoms with van der Waals surface area (Å²) in [4.78, 5) is 20.9. The second-order valence-corrected chi connectivity index (χ2v) is 8.20. The number of hydrogen-bond acceptors (Lipinski definition) is 5. The van der Waals surface area contributed by atoms with Crippen LogP contribution >= 0.6 is 35.3 Å². The van der Waals surface area contributed by atoms with Gasteiger partial charge in [0.15, 0.2) is 5.96 Å². The molecule has 4 N–H and O–H groups in total. The Morgan fingerprint density at radius 2 is 1.84 bits per heavy atom. The van der Waals surface area contributed by atoms with E-state index in [2.05, 4.69) is 38.4 Å². The number of hydrogen-bond donors (Lipinski definition) is 4. The Bertz CT molecular complexity index is 808. The van der Waals surface area contributed by atoms with Crippen molar-refractivity contribution in [1.82, 2.24) is 20.9 Å². The van der Waals surface area contributed by atoms with Crippen LogP contribution in [0.4, 0.5) is 0 Å². The van der Waals surface area contributed by atoms with Crippen LogP contribution in [0.15, 0.2) is 46.8 Å². The second-order valence-electron chi connectivity index (χ2n) is 7.22. The van der Waals surface area contributed by atoms with Crippen molar-refractivity contribution in [3.05, 3.63) is 52.2 Å². The summed E-state index contributed by atoms with van der Waals surface area (Å²) in [5, 5.41) is 20.9. The zero-order valence-electron chi connectivity index (χ0n) is 17.8. The fourth-order valence-corrected chi connectivity index (χ4v) is 4.36. The maximum atomic E-state index is 12.1. The number of benzene rings is 1. The number of aromatic hydroxyl groups is 1. The third-order valence-electron chi connectivity index (χ3n) is 5.05. The Morgan fingerprint density at radius 1 is 1.13 bits per heavy atom. The molecule has 1 aromatic carbocycles. The molecule has 0 spiro atoms. The zero-order chi connectivity index (χ0) is 21.2. The fraction of sp³-hybridized carbons (Fsp3) is 0.455. The minimum absolute atomic E-state index is 0. The third-order valence-corrected chi connectivity index (χ3v) is 6.03. The predicted molar refractivity (Wildman–Crippen MR) is 138 cm³/mol. The van der Waals surface area contributed by atoms with Crippen LogP contribution in [0, 0.1) is 0 Å². The number of likely N-dealkylation sites (tertiary alicyclic amines) is 1. The van der Waals surface area contributed by atoms with Crippen LogP contribution in [0.3, 0.4) is 0 Å². The Labute approximate surface area is 205 Å². The largest absolute Gasteiger partial charge is 0.508 e. The monoisotopic (exact) mass is 557 g/mol. The second kappa shape index (κ2) is 13.5. The molecule has 1 fully saturated rings. The molecule has 9 heteroatoms. The molecule has 0 aliphatic carbocycles. The van der Waals surface area contributed by atoms with E-state index in [-0.39, 0.29) is 35.6 Å². The molecule has 3 rings (SSSR count). The third kappa shape index (κ3) is 7.97. The smallest absolute Gasteiger partial charge is 0.251 e. The average Bonchev–Trinajstić information content (AvgIpc) is 3.46. The van der Waals surface area contributed by atoms with E-state index in [0.717, 1.165) is 25.6 Å². The number of amides is 1. The Morgan fingerprint density at radius 3 is 2.48 bits per heavy atom. The molecule has 1 atom stereocenters. The summed E-state index contributed by atoms with van der Waals surface area (Å²) in [6.07, 6.45) is 2.51. The normalized spacial score (nSPS) is 15.2. The SMILES string of the molecule is CCNC(=NCC(c1cccs1)N1CCCC1)NCCNC(=O)c1ccc(O)cc1.I. The van der Waals surface area contributed by atoms with Gasteiger partial charge in [0.05, 0.1) is 12.6 Å². The number of nitrogens with one attached hydrogen (secondary N) is 3. The lowest BCUT2D eigenvalue weighted by Crippen LogP contribution is -2.42. The molecule has 0 saturated carbocycles. The summed E-state index contributed by atoms with van der Waals surface area (Å²) in [5.74, 6) is 0.747. The van der Waals surface area contributed by atoms with Crippen LogP contribution in [0.25, 0.3) is 0 Å². The molecule has 170 valence electrons.